The van der Waals surface area contributed by atoms with Crippen molar-refractivity contribution < 1.29 is 26.7 Å². The van der Waals surface area contributed by atoms with E-state index in [1.54, 1.807) is 0 Å². The topological polar surface area (TPSA) is 89.9 Å². The minimum atomic E-state index is -4.42. The molecule has 1 N–H and O–H groups in total. The fourth-order valence-electron chi connectivity index (χ4n) is 7.69. The second-order valence-electron chi connectivity index (χ2n) is 9.92. The van der Waals surface area contributed by atoms with Crippen LogP contribution in [0.25, 0.3) is 0 Å². The zero-order chi connectivity index (χ0) is 19.6. The fraction of sp³-hybridized carbons (Fsp3) is 0.950. The number of hydrogen-bond donors (Lipinski definition) is 1. The van der Waals surface area contributed by atoms with Crippen LogP contribution in [0.2, 0.25) is 0 Å². The summed E-state index contributed by atoms with van der Waals surface area (Å²) in [5.41, 5.74) is 0.319. The molecule has 1 aliphatic heterocycles. The van der Waals surface area contributed by atoms with Crippen molar-refractivity contribution in [2.45, 2.75) is 84.3 Å². The highest BCUT2D eigenvalue weighted by atomic mass is 32.3. The molecule has 3 aliphatic carbocycles. The quantitative estimate of drug-likeness (QED) is 0.573. The van der Waals surface area contributed by atoms with Crippen molar-refractivity contribution >= 4 is 16.4 Å². The second kappa shape index (κ2) is 6.42. The van der Waals surface area contributed by atoms with Gasteiger partial charge < -0.3 is 4.74 Å². The van der Waals surface area contributed by atoms with Gasteiger partial charge in [0, 0.05) is 12.3 Å². The summed E-state index contributed by atoms with van der Waals surface area (Å²) in [6.07, 6.45) is 7.00. The number of cyclic esters (lactones) is 1. The van der Waals surface area contributed by atoms with E-state index in [0.717, 1.165) is 38.5 Å². The number of fused-ring (bicyclic) bond motifs is 3. The highest BCUT2D eigenvalue weighted by Crippen LogP contribution is 2.68. The first kappa shape index (κ1) is 19.6. The average Bonchev–Trinajstić information content (AvgIpc) is 3.13. The predicted octanol–water partition coefficient (Wildman–Crippen LogP) is 3.76. The van der Waals surface area contributed by atoms with Gasteiger partial charge in [0.25, 0.3) is 0 Å². The van der Waals surface area contributed by atoms with E-state index >= 15 is 0 Å². The van der Waals surface area contributed by atoms with Crippen LogP contribution in [-0.2, 0) is 24.1 Å². The first-order valence-corrected chi connectivity index (χ1v) is 11.8. The molecule has 0 aromatic heterocycles. The van der Waals surface area contributed by atoms with Crippen molar-refractivity contribution in [3.8, 4) is 0 Å². The van der Waals surface area contributed by atoms with E-state index < -0.39 is 16.5 Å². The van der Waals surface area contributed by atoms with E-state index in [1.807, 2.05) is 0 Å². The maximum absolute atomic E-state index is 11.7. The van der Waals surface area contributed by atoms with Crippen LogP contribution in [0.3, 0.4) is 0 Å². The van der Waals surface area contributed by atoms with Crippen LogP contribution in [0.5, 0.6) is 0 Å². The Morgan fingerprint density at radius 1 is 1.04 bits per heavy atom. The molecule has 8 unspecified atom stereocenters. The number of rotatable bonds is 3. The van der Waals surface area contributed by atoms with Crippen LogP contribution in [0, 0.1) is 34.5 Å². The Morgan fingerprint density at radius 2 is 1.70 bits per heavy atom. The van der Waals surface area contributed by atoms with Crippen LogP contribution in [0.1, 0.15) is 72.1 Å². The Morgan fingerprint density at radius 3 is 2.33 bits per heavy atom. The van der Waals surface area contributed by atoms with Gasteiger partial charge in [-0.05, 0) is 73.5 Å². The van der Waals surface area contributed by atoms with Gasteiger partial charge in [-0.2, -0.15) is 8.42 Å². The molecule has 7 heteroatoms. The average molecular weight is 401 g/mol. The summed E-state index contributed by atoms with van der Waals surface area (Å²) >= 11 is 0. The lowest BCUT2D eigenvalue weighted by atomic mass is 9.45. The Bertz CT molecular complexity index is 720. The van der Waals surface area contributed by atoms with E-state index in [9.17, 15) is 13.2 Å². The maximum Gasteiger partial charge on any atom is 0.397 e. The van der Waals surface area contributed by atoms with Crippen molar-refractivity contribution in [2.75, 3.05) is 0 Å². The third-order valence-electron chi connectivity index (χ3n) is 8.84. The van der Waals surface area contributed by atoms with Crippen molar-refractivity contribution in [1.82, 2.24) is 0 Å². The number of ether oxygens (including phenoxy) is 1. The summed E-state index contributed by atoms with van der Waals surface area (Å²) < 4.78 is 42.3. The molecular weight excluding hydrogens is 368 g/mol. The van der Waals surface area contributed by atoms with Gasteiger partial charge in [0.2, 0.25) is 0 Å². The first-order chi connectivity index (χ1) is 12.5. The smallest absolute Gasteiger partial charge is 0.397 e. The standard InChI is InChI=1S/C20H32O6S/c1-12-13-8-10-20(3)14(16-5-7-18(21)25-16)4-6-17(20)19(13,2)11-9-15(12)26-27(22,23)24/h12-17H,4-11H2,1-3H3,(H,22,23,24). The predicted molar refractivity (Wildman–Crippen MR) is 99.1 cm³/mol. The molecule has 0 radical (unpaired) electrons. The molecule has 4 rings (SSSR count). The molecule has 0 spiro atoms. The number of esters is 1. The van der Waals surface area contributed by atoms with Gasteiger partial charge in [-0.1, -0.05) is 20.8 Å². The molecule has 8 atom stereocenters. The van der Waals surface area contributed by atoms with E-state index in [-0.39, 0.29) is 28.8 Å². The van der Waals surface area contributed by atoms with Gasteiger partial charge in [-0.15, -0.1) is 0 Å². The molecule has 0 amide bonds. The fourth-order valence-corrected chi connectivity index (χ4v) is 8.28. The number of hydrogen-bond acceptors (Lipinski definition) is 5. The molecule has 4 fully saturated rings. The summed E-state index contributed by atoms with van der Waals surface area (Å²) in [5.74, 6) is 1.43. The minimum absolute atomic E-state index is 0.0524. The third-order valence-corrected chi connectivity index (χ3v) is 9.34. The molecule has 1 heterocycles. The van der Waals surface area contributed by atoms with Crippen LogP contribution < -0.4 is 0 Å². The molecule has 0 bridgehead atoms. The Hall–Kier alpha value is -0.660. The van der Waals surface area contributed by atoms with Crippen molar-refractivity contribution in [3.05, 3.63) is 0 Å². The highest BCUT2D eigenvalue weighted by molar-refractivity contribution is 7.80. The van der Waals surface area contributed by atoms with Crippen LogP contribution >= 0.6 is 0 Å². The van der Waals surface area contributed by atoms with Crippen LogP contribution in [0.4, 0.5) is 0 Å². The van der Waals surface area contributed by atoms with Gasteiger partial charge >= 0.3 is 16.4 Å². The van der Waals surface area contributed by atoms with Crippen molar-refractivity contribution in [1.29, 1.82) is 0 Å². The summed E-state index contributed by atoms with van der Waals surface area (Å²) in [4.78, 5) is 11.7. The zero-order valence-corrected chi connectivity index (χ0v) is 17.3. The zero-order valence-electron chi connectivity index (χ0n) is 16.5. The summed E-state index contributed by atoms with van der Waals surface area (Å²) in [7, 11) is -4.42. The second-order valence-corrected chi connectivity index (χ2v) is 11.0. The lowest BCUT2D eigenvalue weighted by molar-refractivity contribution is -0.152. The molecule has 3 saturated carbocycles. The van der Waals surface area contributed by atoms with E-state index in [0.29, 0.717) is 30.6 Å². The highest BCUT2D eigenvalue weighted by Gasteiger charge is 2.63. The van der Waals surface area contributed by atoms with Gasteiger partial charge in [0.1, 0.15) is 6.10 Å². The normalized spacial score (nSPS) is 50.1. The Labute approximate surface area is 162 Å². The largest absolute Gasteiger partial charge is 0.462 e. The van der Waals surface area contributed by atoms with E-state index in [2.05, 4.69) is 20.8 Å². The molecule has 0 aromatic rings. The minimum Gasteiger partial charge on any atom is -0.462 e. The lowest BCUT2D eigenvalue weighted by Crippen LogP contribution is -2.55. The monoisotopic (exact) mass is 400 g/mol. The lowest BCUT2D eigenvalue weighted by Gasteiger charge is -2.60. The van der Waals surface area contributed by atoms with Crippen molar-refractivity contribution in [2.24, 2.45) is 34.5 Å². The van der Waals surface area contributed by atoms with Crippen LogP contribution in [-0.4, -0.2) is 31.1 Å². The molecular formula is C20H32O6S. The third kappa shape index (κ3) is 3.14. The first-order valence-electron chi connectivity index (χ1n) is 10.4. The molecule has 27 heavy (non-hydrogen) atoms. The van der Waals surface area contributed by atoms with E-state index in [4.69, 9.17) is 13.5 Å². The van der Waals surface area contributed by atoms with Crippen LogP contribution in [0.15, 0.2) is 0 Å². The Balaban J connectivity index is 1.56. The molecule has 1 saturated heterocycles. The summed E-state index contributed by atoms with van der Waals surface area (Å²) in [5, 5.41) is 0. The Kier molecular flexibility index (Phi) is 4.67. The summed E-state index contributed by atoms with van der Waals surface area (Å²) in [6.45, 7) is 6.85. The molecule has 4 aliphatic rings. The van der Waals surface area contributed by atoms with E-state index in [1.165, 1.54) is 0 Å². The van der Waals surface area contributed by atoms with Gasteiger partial charge in [0.05, 0.1) is 6.10 Å². The molecule has 6 nitrogen and oxygen atoms in total. The van der Waals surface area contributed by atoms with Gasteiger partial charge in [0.15, 0.2) is 0 Å². The van der Waals surface area contributed by atoms with Gasteiger partial charge in [-0.25, -0.2) is 4.18 Å². The number of carbonyl (C=O) groups is 1. The number of carbonyl (C=O) groups excluding carboxylic acids is 1. The SMILES string of the molecule is CC1C(OS(=O)(=O)O)CCC2(C)C1CCC1(C)C(C3CCC(=O)O3)CCC12. The molecule has 0 aromatic carbocycles. The maximum atomic E-state index is 11.7. The molecule has 154 valence electrons. The van der Waals surface area contributed by atoms with Gasteiger partial charge in [-0.3, -0.25) is 9.35 Å². The summed E-state index contributed by atoms with van der Waals surface area (Å²) in [6, 6.07) is 0. The van der Waals surface area contributed by atoms with Crippen molar-refractivity contribution in [3.63, 3.8) is 0 Å².